The Balaban J connectivity index is 1.58. The van der Waals surface area contributed by atoms with Crippen LogP contribution in [0.4, 0.5) is 11.4 Å². The van der Waals surface area contributed by atoms with Crippen molar-refractivity contribution < 1.29 is 22.7 Å². The van der Waals surface area contributed by atoms with Crippen molar-refractivity contribution in [2.24, 2.45) is 0 Å². The average Bonchev–Trinajstić information content (AvgIpc) is 3.26. The van der Waals surface area contributed by atoms with Gasteiger partial charge in [0.25, 0.3) is 0 Å². The highest BCUT2D eigenvalue weighted by Gasteiger charge is 2.28. The first-order chi connectivity index (χ1) is 15.3. The fraction of sp³-hybridized carbons (Fsp3) is 0.478. The Kier molecular flexibility index (Phi) is 6.28. The van der Waals surface area contributed by atoms with Crippen molar-refractivity contribution in [3.05, 3.63) is 36.7 Å². The van der Waals surface area contributed by atoms with Crippen molar-refractivity contribution in [2.75, 3.05) is 31.1 Å². The van der Waals surface area contributed by atoms with E-state index in [0.29, 0.717) is 49.8 Å². The molecule has 0 aliphatic carbocycles. The number of likely N-dealkylation sites (tertiary alicyclic amines) is 1. The van der Waals surface area contributed by atoms with E-state index in [0.717, 1.165) is 12.1 Å². The Morgan fingerprint density at radius 1 is 1.25 bits per heavy atom. The maximum atomic E-state index is 12.6. The molecule has 1 aromatic carbocycles. The van der Waals surface area contributed by atoms with Crippen LogP contribution in [0.25, 0.3) is 0 Å². The molecule has 2 aliphatic heterocycles. The number of hydrogen-bond acceptors (Lipinski definition) is 7. The van der Waals surface area contributed by atoms with Gasteiger partial charge in [0, 0.05) is 31.6 Å². The second-order valence-electron chi connectivity index (χ2n) is 8.32. The zero-order valence-electron chi connectivity index (χ0n) is 18.7. The molecular weight excluding hydrogens is 430 g/mol. The lowest BCUT2D eigenvalue weighted by atomic mass is 10.2. The molecule has 3 heterocycles. The number of carbonyl (C=O) groups is 1. The van der Waals surface area contributed by atoms with E-state index in [1.807, 2.05) is 34.9 Å². The van der Waals surface area contributed by atoms with Crippen molar-refractivity contribution in [3.63, 3.8) is 0 Å². The number of sulfone groups is 1. The molecule has 0 radical (unpaired) electrons. The van der Waals surface area contributed by atoms with Crippen molar-refractivity contribution in [1.82, 2.24) is 9.88 Å². The lowest BCUT2D eigenvalue weighted by molar-refractivity contribution is -0.130. The highest BCUT2D eigenvalue weighted by atomic mass is 32.2. The molecule has 1 saturated heterocycles. The van der Waals surface area contributed by atoms with Gasteiger partial charge in [-0.15, -0.1) is 0 Å². The zero-order chi connectivity index (χ0) is 22.9. The van der Waals surface area contributed by atoms with Gasteiger partial charge in [-0.3, -0.25) is 9.78 Å². The van der Waals surface area contributed by atoms with Crippen LogP contribution in [0.2, 0.25) is 0 Å². The van der Waals surface area contributed by atoms with E-state index in [1.54, 1.807) is 26.1 Å². The van der Waals surface area contributed by atoms with E-state index in [1.165, 1.54) is 6.20 Å². The van der Waals surface area contributed by atoms with Crippen LogP contribution in [0.1, 0.15) is 33.6 Å². The molecule has 4 rings (SSSR count). The van der Waals surface area contributed by atoms with Crippen LogP contribution in [0.5, 0.6) is 11.5 Å². The Hall–Kier alpha value is -2.81. The van der Waals surface area contributed by atoms with Crippen LogP contribution in [0.3, 0.4) is 0 Å². The van der Waals surface area contributed by atoms with Gasteiger partial charge in [-0.1, -0.05) is 6.92 Å². The highest BCUT2D eigenvalue weighted by molar-refractivity contribution is 7.92. The molecule has 0 saturated carbocycles. The molecule has 2 aromatic rings. The highest BCUT2D eigenvalue weighted by Crippen LogP contribution is 2.40. The number of fused-ring (bicyclic) bond motifs is 1. The topological polar surface area (TPSA) is 89.0 Å². The van der Waals surface area contributed by atoms with E-state index in [2.05, 4.69) is 4.98 Å². The van der Waals surface area contributed by atoms with Crippen LogP contribution in [0, 0.1) is 0 Å². The molecule has 172 valence electrons. The molecule has 1 aromatic heterocycles. The summed E-state index contributed by atoms with van der Waals surface area (Å²) in [5.41, 5.74) is 1.49. The summed E-state index contributed by atoms with van der Waals surface area (Å²) in [5.74, 6) is 1.54. The van der Waals surface area contributed by atoms with Crippen LogP contribution < -0.4 is 14.4 Å². The van der Waals surface area contributed by atoms with Gasteiger partial charge in [-0.2, -0.15) is 0 Å². The average molecular weight is 460 g/mol. The molecule has 0 bridgehead atoms. The van der Waals surface area contributed by atoms with Gasteiger partial charge in [0.2, 0.25) is 5.91 Å². The minimum atomic E-state index is -3.43. The number of hydrogen-bond donors (Lipinski definition) is 0. The van der Waals surface area contributed by atoms with Crippen molar-refractivity contribution in [3.8, 4) is 11.5 Å². The Morgan fingerprint density at radius 2 is 2.06 bits per heavy atom. The number of ether oxygens (including phenoxy) is 2. The van der Waals surface area contributed by atoms with Gasteiger partial charge >= 0.3 is 0 Å². The summed E-state index contributed by atoms with van der Waals surface area (Å²) >= 11 is 0. The van der Waals surface area contributed by atoms with E-state index in [9.17, 15) is 13.2 Å². The van der Waals surface area contributed by atoms with E-state index >= 15 is 0 Å². The van der Waals surface area contributed by atoms with Gasteiger partial charge in [0.15, 0.2) is 9.84 Å². The fourth-order valence-corrected chi connectivity index (χ4v) is 5.03. The second kappa shape index (κ2) is 8.97. The van der Waals surface area contributed by atoms with Crippen LogP contribution in [0.15, 0.2) is 41.6 Å². The Labute approximate surface area is 189 Å². The number of benzene rings is 1. The summed E-state index contributed by atoms with van der Waals surface area (Å²) in [6.07, 6.45) is 4.29. The normalized spacial score (nSPS) is 18.4. The summed E-state index contributed by atoms with van der Waals surface area (Å²) in [6, 6.07) is 7.30. The lowest BCUT2D eigenvalue weighted by Gasteiger charge is -2.31. The lowest BCUT2D eigenvalue weighted by Crippen LogP contribution is -2.30. The number of aromatic nitrogens is 1. The summed E-state index contributed by atoms with van der Waals surface area (Å²) < 4.78 is 37.2. The van der Waals surface area contributed by atoms with Crippen molar-refractivity contribution in [2.45, 2.75) is 49.9 Å². The third kappa shape index (κ3) is 4.39. The number of nitrogens with zero attached hydrogens (tertiary/aromatic N) is 3. The minimum Gasteiger partial charge on any atom is -0.490 e. The van der Waals surface area contributed by atoms with E-state index in [4.69, 9.17) is 9.47 Å². The SMILES string of the molecule is CCC(=O)N1CCC(Oc2ccc3c(c2)N(c2cncc(S(=O)(=O)C(C)C)c2)CCO3)C1. The molecule has 0 N–H and O–H groups in total. The fourth-order valence-electron chi connectivity index (χ4n) is 3.99. The maximum absolute atomic E-state index is 12.6. The Morgan fingerprint density at radius 3 is 2.81 bits per heavy atom. The van der Waals surface area contributed by atoms with E-state index < -0.39 is 15.1 Å². The molecule has 1 atom stereocenters. The summed E-state index contributed by atoms with van der Waals surface area (Å²) in [5, 5.41) is -0.526. The zero-order valence-corrected chi connectivity index (χ0v) is 19.5. The van der Waals surface area contributed by atoms with Gasteiger partial charge in [-0.25, -0.2) is 8.42 Å². The van der Waals surface area contributed by atoms with Crippen LogP contribution in [-0.4, -0.2) is 61.8 Å². The van der Waals surface area contributed by atoms with Gasteiger partial charge in [0.05, 0.1) is 40.8 Å². The van der Waals surface area contributed by atoms with E-state index in [-0.39, 0.29) is 16.9 Å². The summed E-state index contributed by atoms with van der Waals surface area (Å²) in [4.78, 5) is 20.2. The van der Waals surface area contributed by atoms with Crippen LogP contribution >= 0.6 is 0 Å². The first kappa shape index (κ1) is 22.4. The third-order valence-electron chi connectivity index (χ3n) is 5.86. The first-order valence-corrected chi connectivity index (χ1v) is 12.5. The quantitative estimate of drug-likeness (QED) is 0.655. The Bertz CT molecular complexity index is 1100. The minimum absolute atomic E-state index is 0.0531. The molecule has 2 aliphatic rings. The number of carbonyl (C=O) groups excluding carboxylic acids is 1. The molecular formula is C23H29N3O5S. The van der Waals surface area contributed by atoms with Crippen molar-refractivity contribution in [1.29, 1.82) is 0 Å². The monoisotopic (exact) mass is 459 g/mol. The summed E-state index contributed by atoms with van der Waals surface area (Å²) in [7, 11) is -3.43. The smallest absolute Gasteiger partial charge is 0.222 e. The third-order valence-corrected chi connectivity index (χ3v) is 7.98. The van der Waals surface area contributed by atoms with Gasteiger partial charge < -0.3 is 19.3 Å². The standard InChI is InChI=1S/C23H29N3O5S/c1-4-23(27)25-8-7-19(15-25)31-18-5-6-22-21(12-18)26(9-10-30-22)17-11-20(14-24-13-17)32(28,29)16(2)3/h5-6,11-14,16,19H,4,7-10,15H2,1-3H3. The number of anilines is 2. The molecule has 0 spiro atoms. The maximum Gasteiger partial charge on any atom is 0.222 e. The van der Waals surface area contributed by atoms with Gasteiger partial charge in [0.1, 0.15) is 24.2 Å². The first-order valence-electron chi connectivity index (χ1n) is 11.0. The molecule has 32 heavy (non-hydrogen) atoms. The molecule has 9 heteroatoms. The number of rotatable bonds is 6. The van der Waals surface area contributed by atoms with Gasteiger partial charge in [-0.05, 0) is 32.0 Å². The number of amides is 1. The summed E-state index contributed by atoms with van der Waals surface area (Å²) in [6.45, 7) is 7.52. The molecule has 1 unspecified atom stereocenters. The predicted octanol–water partition coefficient (Wildman–Crippen LogP) is 3.18. The van der Waals surface area contributed by atoms with Crippen LogP contribution in [-0.2, 0) is 14.6 Å². The molecule has 1 amide bonds. The molecule has 8 nitrogen and oxygen atoms in total. The predicted molar refractivity (Wildman–Crippen MR) is 121 cm³/mol. The number of pyridine rings is 1. The van der Waals surface area contributed by atoms with Crippen molar-refractivity contribution >= 4 is 27.1 Å². The molecule has 1 fully saturated rings. The largest absolute Gasteiger partial charge is 0.490 e. The second-order valence-corrected chi connectivity index (χ2v) is 10.8.